The fourth-order valence-corrected chi connectivity index (χ4v) is 2.45. The van der Waals surface area contributed by atoms with E-state index in [1.807, 2.05) is 63.2 Å². The molecule has 0 spiro atoms. The van der Waals surface area contributed by atoms with Gasteiger partial charge < -0.3 is 5.32 Å². The second kappa shape index (κ2) is 6.62. The van der Waals surface area contributed by atoms with Gasteiger partial charge in [0, 0.05) is 11.3 Å². The van der Waals surface area contributed by atoms with Crippen molar-refractivity contribution in [2.24, 2.45) is 0 Å². The fraction of sp³-hybridized carbons (Fsp3) is 0.222. The molecule has 0 bridgehead atoms. The minimum atomic E-state index is -0.180. The molecule has 6 heteroatoms. The molecule has 24 heavy (non-hydrogen) atoms. The van der Waals surface area contributed by atoms with Gasteiger partial charge >= 0.3 is 0 Å². The van der Waals surface area contributed by atoms with Crippen molar-refractivity contribution < 1.29 is 4.79 Å². The third-order valence-corrected chi connectivity index (χ3v) is 3.79. The summed E-state index contributed by atoms with van der Waals surface area (Å²) in [5.41, 5.74) is 4.92. The summed E-state index contributed by atoms with van der Waals surface area (Å²) in [5.74, 6) is 0.329. The van der Waals surface area contributed by atoms with Gasteiger partial charge in [-0.15, -0.1) is 10.2 Å². The molecule has 2 aromatic carbocycles. The van der Waals surface area contributed by atoms with Crippen LogP contribution in [0.4, 0.5) is 5.69 Å². The number of hydrogen-bond donors (Lipinski definition) is 1. The number of para-hydroxylation sites is 1. The van der Waals surface area contributed by atoms with Crippen LogP contribution in [0.3, 0.4) is 0 Å². The van der Waals surface area contributed by atoms with Crippen LogP contribution in [0.5, 0.6) is 0 Å². The van der Waals surface area contributed by atoms with E-state index in [0.29, 0.717) is 5.82 Å². The summed E-state index contributed by atoms with van der Waals surface area (Å²) in [6, 6.07) is 13.7. The minimum Gasteiger partial charge on any atom is -0.324 e. The lowest BCUT2D eigenvalue weighted by Gasteiger charge is -2.10. The summed E-state index contributed by atoms with van der Waals surface area (Å²) in [5, 5.41) is 15.2. The minimum absolute atomic E-state index is 0.0205. The van der Waals surface area contributed by atoms with Crippen molar-refractivity contribution in [2.45, 2.75) is 27.3 Å². The number of rotatable bonds is 4. The highest BCUT2D eigenvalue weighted by atomic mass is 16.2. The standard InChI is InChI=1S/C18H19N5O/c1-12-7-9-15(10-8-12)18-20-22-23(21-18)11-16(24)19-17-13(2)5-4-6-14(17)3/h4-10H,11H2,1-3H3,(H,19,24). The van der Waals surface area contributed by atoms with E-state index in [1.54, 1.807) is 0 Å². The van der Waals surface area contributed by atoms with Gasteiger partial charge in [0.05, 0.1) is 0 Å². The quantitative estimate of drug-likeness (QED) is 0.802. The van der Waals surface area contributed by atoms with E-state index in [-0.39, 0.29) is 12.5 Å². The van der Waals surface area contributed by atoms with Crippen molar-refractivity contribution in [1.29, 1.82) is 0 Å². The number of amides is 1. The zero-order valence-corrected chi connectivity index (χ0v) is 13.9. The molecule has 1 aromatic heterocycles. The first-order valence-corrected chi connectivity index (χ1v) is 7.74. The van der Waals surface area contributed by atoms with E-state index in [0.717, 1.165) is 22.4 Å². The molecule has 0 radical (unpaired) electrons. The number of hydrogen-bond acceptors (Lipinski definition) is 4. The summed E-state index contributed by atoms with van der Waals surface area (Å²) in [7, 11) is 0. The number of aromatic nitrogens is 4. The van der Waals surface area contributed by atoms with Crippen LogP contribution >= 0.6 is 0 Å². The van der Waals surface area contributed by atoms with E-state index < -0.39 is 0 Å². The van der Waals surface area contributed by atoms with Crippen molar-refractivity contribution in [3.63, 3.8) is 0 Å². The summed E-state index contributed by atoms with van der Waals surface area (Å²) >= 11 is 0. The molecule has 0 unspecified atom stereocenters. The van der Waals surface area contributed by atoms with Gasteiger partial charge in [0.25, 0.3) is 0 Å². The second-order valence-corrected chi connectivity index (χ2v) is 5.82. The number of nitrogens with one attached hydrogen (secondary N) is 1. The van der Waals surface area contributed by atoms with Crippen molar-refractivity contribution in [2.75, 3.05) is 5.32 Å². The van der Waals surface area contributed by atoms with Crippen molar-refractivity contribution in [3.8, 4) is 11.4 Å². The molecule has 0 aliphatic carbocycles. The zero-order chi connectivity index (χ0) is 17.1. The lowest BCUT2D eigenvalue weighted by molar-refractivity contribution is -0.117. The maximum Gasteiger partial charge on any atom is 0.248 e. The molecule has 0 aliphatic rings. The Balaban J connectivity index is 1.70. The predicted octanol–water partition coefficient (Wildman–Crippen LogP) is 2.90. The summed E-state index contributed by atoms with van der Waals surface area (Å²) in [6.45, 7) is 5.97. The molecule has 3 aromatic rings. The van der Waals surface area contributed by atoms with Crippen LogP contribution in [-0.4, -0.2) is 26.1 Å². The van der Waals surface area contributed by atoms with E-state index in [1.165, 1.54) is 10.4 Å². The Morgan fingerprint density at radius 2 is 1.71 bits per heavy atom. The van der Waals surface area contributed by atoms with Crippen LogP contribution in [-0.2, 0) is 11.3 Å². The van der Waals surface area contributed by atoms with Gasteiger partial charge in [-0.3, -0.25) is 4.79 Å². The maximum absolute atomic E-state index is 12.2. The normalized spacial score (nSPS) is 10.6. The van der Waals surface area contributed by atoms with Crippen LogP contribution in [0, 0.1) is 20.8 Å². The molecule has 0 atom stereocenters. The predicted molar refractivity (Wildman–Crippen MR) is 92.5 cm³/mol. The van der Waals surface area contributed by atoms with Crippen LogP contribution in [0.15, 0.2) is 42.5 Å². The van der Waals surface area contributed by atoms with E-state index >= 15 is 0 Å². The first kappa shape index (κ1) is 15.9. The van der Waals surface area contributed by atoms with Crippen LogP contribution in [0.1, 0.15) is 16.7 Å². The van der Waals surface area contributed by atoms with Crippen LogP contribution in [0.2, 0.25) is 0 Å². The Bertz CT molecular complexity index is 847. The van der Waals surface area contributed by atoms with Gasteiger partial charge in [0.2, 0.25) is 11.7 Å². The number of anilines is 1. The largest absolute Gasteiger partial charge is 0.324 e. The molecule has 3 rings (SSSR count). The highest BCUT2D eigenvalue weighted by Gasteiger charge is 2.11. The van der Waals surface area contributed by atoms with Crippen molar-refractivity contribution in [1.82, 2.24) is 20.2 Å². The van der Waals surface area contributed by atoms with Gasteiger partial charge in [-0.25, -0.2) is 0 Å². The Morgan fingerprint density at radius 3 is 2.38 bits per heavy atom. The molecule has 1 amide bonds. The summed E-state index contributed by atoms with van der Waals surface area (Å²) in [4.78, 5) is 13.5. The molecule has 6 nitrogen and oxygen atoms in total. The topological polar surface area (TPSA) is 72.7 Å². The number of aryl methyl sites for hydroxylation is 3. The first-order valence-electron chi connectivity index (χ1n) is 7.74. The highest BCUT2D eigenvalue weighted by Crippen LogP contribution is 2.19. The Kier molecular flexibility index (Phi) is 4.37. The Labute approximate surface area is 140 Å². The van der Waals surface area contributed by atoms with Gasteiger partial charge in [-0.1, -0.05) is 48.0 Å². The second-order valence-electron chi connectivity index (χ2n) is 5.82. The lowest BCUT2D eigenvalue weighted by atomic mass is 10.1. The smallest absolute Gasteiger partial charge is 0.248 e. The van der Waals surface area contributed by atoms with Gasteiger partial charge in [0.1, 0.15) is 6.54 Å². The molecule has 0 aliphatic heterocycles. The SMILES string of the molecule is Cc1ccc(-c2nnn(CC(=O)Nc3c(C)cccc3C)n2)cc1. The summed E-state index contributed by atoms with van der Waals surface area (Å²) < 4.78 is 0. The van der Waals surface area contributed by atoms with Crippen molar-refractivity contribution >= 4 is 11.6 Å². The number of carbonyl (C=O) groups excluding carboxylic acids is 1. The molecule has 0 saturated carbocycles. The number of benzene rings is 2. The monoisotopic (exact) mass is 321 g/mol. The first-order chi connectivity index (χ1) is 11.5. The van der Waals surface area contributed by atoms with E-state index in [4.69, 9.17) is 0 Å². The highest BCUT2D eigenvalue weighted by molar-refractivity contribution is 5.92. The molecular formula is C18H19N5O. The van der Waals surface area contributed by atoms with Gasteiger partial charge in [-0.2, -0.15) is 4.80 Å². The lowest BCUT2D eigenvalue weighted by Crippen LogP contribution is -2.21. The Morgan fingerprint density at radius 1 is 1.04 bits per heavy atom. The van der Waals surface area contributed by atoms with Crippen molar-refractivity contribution in [3.05, 3.63) is 59.2 Å². The third-order valence-electron chi connectivity index (χ3n) is 3.79. The number of carbonyl (C=O) groups is 1. The van der Waals surface area contributed by atoms with Crippen LogP contribution < -0.4 is 5.32 Å². The average molecular weight is 321 g/mol. The maximum atomic E-state index is 12.2. The van der Waals surface area contributed by atoms with Crippen LogP contribution in [0.25, 0.3) is 11.4 Å². The molecule has 1 heterocycles. The van der Waals surface area contributed by atoms with E-state index in [2.05, 4.69) is 20.7 Å². The molecule has 122 valence electrons. The summed E-state index contributed by atoms with van der Waals surface area (Å²) in [6.07, 6.45) is 0. The molecule has 0 fully saturated rings. The third kappa shape index (κ3) is 3.48. The molecular weight excluding hydrogens is 302 g/mol. The number of tetrazole rings is 1. The van der Waals surface area contributed by atoms with E-state index in [9.17, 15) is 4.79 Å². The van der Waals surface area contributed by atoms with Gasteiger partial charge in [-0.05, 0) is 37.1 Å². The molecule has 1 N–H and O–H groups in total. The average Bonchev–Trinajstić information content (AvgIpc) is 3.00. The van der Waals surface area contributed by atoms with Gasteiger partial charge in [0.15, 0.2) is 0 Å². The molecule has 0 saturated heterocycles. The zero-order valence-electron chi connectivity index (χ0n) is 13.9. The Hall–Kier alpha value is -3.02. The number of nitrogens with zero attached hydrogens (tertiary/aromatic N) is 4. The fourth-order valence-electron chi connectivity index (χ4n) is 2.45.